The maximum absolute atomic E-state index is 13.4. The van der Waals surface area contributed by atoms with E-state index in [4.69, 9.17) is 0 Å². The van der Waals surface area contributed by atoms with Crippen LogP contribution in [0.15, 0.2) is 206 Å². The molecule has 0 N–H and O–H groups in total. The van der Waals surface area contributed by atoms with Crippen molar-refractivity contribution < 1.29 is 21.9 Å². The molecule has 17 aromatic rings. The highest BCUT2D eigenvalue weighted by Gasteiger charge is 2.36. The zero-order chi connectivity index (χ0) is 70.6. The Morgan fingerprint density at radius 3 is 1.04 bits per heavy atom. The van der Waals surface area contributed by atoms with E-state index in [9.17, 15) is 32.5 Å². The van der Waals surface area contributed by atoms with Crippen molar-refractivity contribution in [2.45, 2.75) is 52.4 Å². The number of rotatable bonds is 4. The average Bonchev–Trinajstić information content (AvgIpc) is 1.49. The van der Waals surface area contributed by atoms with Gasteiger partial charge < -0.3 is 18.3 Å². The molecular formula is C76H52N6S2. The maximum Gasteiger partial charge on any atom is 0.104 e. The van der Waals surface area contributed by atoms with Crippen molar-refractivity contribution in [2.75, 3.05) is 0 Å². The summed E-state index contributed by atoms with van der Waals surface area (Å²) in [5.74, 6) is 0. The highest BCUT2D eigenvalue weighted by Crippen LogP contribution is 2.52. The number of nitrogens with zero attached hydrogens (tertiary/aromatic N) is 6. The molecule has 6 heterocycles. The van der Waals surface area contributed by atoms with E-state index in [1.165, 1.54) is 31.8 Å². The summed E-state index contributed by atoms with van der Waals surface area (Å²) in [7, 11) is 0. The van der Waals surface area contributed by atoms with Crippen LogP contribution in [0, 0.1) is 22.7 Å². The molecular weight excluding hydrogens is 1060 g/mol. The smallest absolute Gasteiger partial charge is 0.104 e. The Morgan fingerprint density at radius 2 is 0.679 bits per heavy atom. The van der Waals surface area contributed by atoms with Crippen LogP contribution >= 0.6 is 22.7 Å². The highest BCUT2D eigenvalue weighted by atomic mass is 32.1. The molecule has 0 radical (unpaired) electrons. The Balaban J connectivity index is 1.28. The van der Waals surface area contributed by atoms with Gasteiger partial charge in [-0.2, -0.15) is 10.5 Å². The molecule has 0 fully saturated rings. The van der Waals surface area contributed by atoms with Gasteiger partial charge in [-0.3, -0.25) is 0 Å². The summed E-state index contributed by atoms with van der Waals surface area (Å²) in [5, 5.41) is 31.4. The van der Waals surface area contributed by atoms with E-state index in [0.717, 1.165) is 42.1 Å². The molecule has 84 heavy (non-hydrogen) atoms. The average molecular weight is 1130 g/mol. The lowest BCUT2D eigenvalue weighted by Gasteiger charge is -2.27. The van der Waals surface area contributed by atoms with Gasteiger partial charge in [-0.1, -0.05) is 187 Å². The molecule has 0 aliphatic carbocycles. The Kier molecular flexibility index (Phi) is 7.23. The first-order valence-electron chi connectivity index (χ1n) is 35.4. The Hall–Kier alpha value is -9.96. The van der Waals surface area contributed by atoms with Crippen molar-refractivity contribution in [2.24, 2.45) is 0 Å². The van der Waals surface area contributed by atoms with Gasteiger partial charge in [0.15, 0.2) is 0 Å². The minimum absolute atomic E-state index is 0.218. The van der Waals surface area contributed by atoms with Crippen molar-refractivity contribution >= 4 is 150 Å². The third-order valence-corrected chi connectivity index (χ3v) is 19.2. The third-order valence-electron chi connectivity index (χ3n) is 16.9. The predicted octanol–water partition coefficient (Wildman–Crippen LogP) is 21.1. The maximum atomic E-state index is 13.4. The zero-order valence-corrected chi connectivity index (χ0v) is 47.5. The number of hydrogen-bond donors (Lipinski definition) is 0. The molecule has 6 aromatic heterocycles. The quantitative estimate of drug-likeness (QED) is 0.176. The van der Waals surface area contributed by atoms with Crippen LogP contribution in [0.2, 0.25) is 0 Å². The fourth-order valence-corrected chi connectivity index (χ4v) is 15.5. The second-order valence-electron chi connectivity index (χ2n) is 23.4. The molecule has 11 aromatic carbocycles. The molecule has 0 spiro atoms. The van der Waals surface area contributed by atoms with Crippen LogP contribution in [0.3, 0.4) is 0 Å². The first-order chi connectivity index (χ1) is 47.5. The van der Waals surface area contributed by atoms with Crippen LogP contribution in [0.4, 0.5) is 0 Å². The fourth-order valence-electron chi connectivity index (χ4n) is 13.0. The van der Waals surface area contributed by atoms with Crippen molar-refractivity contribution in [1.82, 2.24) is 18.3 Å². The SMILES string of the molecule is [2H]c1c([2H])c([2H])c2c(c1[2H])c1c([2H])c([2H])c([2H])c([2H])c1n2-c1c(C#N)c(-n2c3ccc(C(C)(C)C)cc3c3ccc4c5ccccc5sc4c32)c(-n2c3c([2H])c([2H])c([2H])c([2H])c3c3c([2H])c([2H])c([2H])c([2H])c32)c(C#N)c1-n1c2ccc(C(C)(C)C)cc2c2ccc3c4ccccc4sc3c21. The standard InChI is InChI=1S/C76H52N6S2/c1-75(2,3)43-31-37-63-55(39-43)51-33-35-53-49-23-11-17-29-65(49)83-73(53)71(51)81(63)69-57(41-77)68(80-61-27-15-9-21-47(61)48-22-10-16-28-62(48)80)70(58(42-78)67(69)79-59-25-13-7-19-45(59)46-20-8-14-26-60(46)79)82-64-38-32-44(76(4,5)6)40-56(64)52-34-36-54-50-24-12-18-30-66(50)84-74(54)72(52)82/h7-40H,1-6H3/i7D,8D,9D,10D,13D,14D,15D,16D,19D,20D,21D,22D,25D,26D,27D,28D. The molecule has 17 rings (SSSR count). The number of para-hydroxylation sites is 4. The molecule has 0 amide bonds. The number of aromatic nitrogens is 4. The summed E-state index contributed by atoms with van der Waals surface area (Å²) in [4.78, 5) is 0. The van der Waals surface area contributed by atoms with Crippen molar-refractivity contribution in [3.05, 3.63) is 228 Å². The van der Waals surface area contributed by atoms with Crippen molar-refractivity contribution in [3.63, 3.8) is 0 Å². The van der Waals surface area contributed by atoms with E-state index in [1.54, 1.807) is 9.13 Å². The zero-order valence-electron chi connectivity index (χ0n) is 61.9. The summed E-state index contributed by atoms with van der Waals surface area (Å²) in [6.07, 6.45) is 0. The lowest BCUT2D eigenvalue weighted by Crippen LogP contribution is -2.17. The number of nitriles is 2. The van der Waals surface area contributed by atoms with E-state index in [0.29, 0.717) is 53.0 Å². The minimum Gasteiger partial charge on any atom is -0.306 e. The minimum atomic E-state index is -0.759. The molecule has 8 heteroatoms. The second kappa shape index (κ2) is 17.3. The molecule has 0 saturated carbocycles. The highest BCUT2D eigenvalue weighted by molar-refractivity contribution is 7.27. The number of fused-ring (bicyclic) bond motifs is 20. The van der Waals surface area contributed by atoms with E-state index in [2.05, 4.69) is 53.7 Å². The van der Waals surface area contributed by atoms with Crippen molar-refractivity contribution in [3.8, 4) is 34.9 Å². The molecule has 0 unspecified atom stereocenters. The summed E-state index contributed by atoms with van der Waals surface area (Å²) < 4.78 is 164. The van der Waals surface area contributed by atoms with Gasteiger partial charge in [-0.05, 0) is 82.5 Å². The van der Waals surface area contributed by atoms with Gasteiger partial charge in [-0.25, -0.2) is 0 Å². The lowest BCUT2D eigenvalue weighted by molar-refractivity contribution is 0.591. The number of thiophene rings is 2. The Morgan fingerprint density at radius 1 is 0.345 bits per heavy atom. The topological polar surface area (TPSA) is 67.3 Å². The van der Waals surface area contributed by atoms with E-state index in [-0.39, 0.29) is 66.4 Å². The summed E-state index contributed by atoms with van der Waals surface area (Å²) in [6, 6.07) is 29.1. The summed E-state index contributed by atoms with van der Waals surface area (Å²) in [6.45, 7) is 12.4. The molecule has 0 saturated heterocycles. The van der Waals surface area contributed by atoms with Gasteiger partial charge in [0.2, 0.25) is 0 Å². The third kappa shape index (κ3) is 6.53. The van der Waals surface area contributed by atoms with Gasteiger partial charge in [-0.15, -0.1) is 22.7 Å². The van der Waals surface area contributed by atoms with E-state index in [1.807, 2.05) is 109 Å². The molecule has 0 aliphatic heterocycles. The van der Waals surface area contributed by atoms with Gasteiger partial charge >= 0.3 is 0 Å². The van der Waals surface area contributed by atoms with Crippen molar-refractivity contribution in [1.29, 1.82) is 10.5 Å². The van der Waals surface area contributed by atoms with Gasteiger partial charge in [0, 0.05) is 74.0 Å². The van der Waals surface area contributed by atoms with Gasteiger partial charge in [0.1, 0.15) is 23.3 Å². The fraction of sp³-hybridized carbons (Fsp3) is 0.105. The monoisotopic (exact) mass is 1130 g/mol. The molecule has 398 valence electrons. The van der Waals surface area contributed by atoms with Crippen LogP contribution in [-0.4, -0.2) is 18.3 Å². The van der Waals surface area contributed by atoms with Crippen LogP contribution in [0.25, 0.3) is 150 Å². The van der Waals surface area contributed by atoms with E-state index >= 15 is 0 Å². The first kappa shape index (κ1) is 35.1. The second-order valence-corrected chi connectivity index (χ2v) is 25.5. The summed E-state index contributed by atoms with van der Waals surface area (Å²) >= 11 is 2.90. The first-order valence-corrected chi connectivity index (χ1v) is 29.0. The number of benzene rings is 11. The Labute approximate surface area is 514 Å². The predicted molar refractivity (Wildman–Crippen MR) is 356 cm³/mol. The molecule has 0 atom stereocenters. The lowest BCUT2D eigenvalue weighted by atomic mass is 9.86. The molecule has 6 nitrogen and oxygen atoms in total. The Bertz CT molecular complexity index is 6290. The van der Waals surface area contributed by atoms with Crippen LogP contribution in [0.1, 0.15) is 85.7 Å². The van der Waals surface area contributed by atoms with Gasteiger partial charge in [0.25, 0.3) is 0 Å². The largest absolute Gasteiger partial charge is 0.306 e. The van der Waals surface area contributed by atoms with Gasteiger partial charge in [0.05, 0.1) is 98.2 Å². The van der Waals surface area contributed by atoms with Crippen LogP contribution in [-0.2, 0) is 10.8 Å². The summed E-state index contributed by atoms with van der Waals surface area (Å²) in [5.41, 5.74) is -0.804. The molecule has 0 bridgehead atoms. The van der Waals surface area contributed by atoms with Crippen LogP contribution < -0.4 is 0 Å². The molecule has 0 aliphatic rings. The van der Waals surface area contributed by atoms with Crippen LogP contribution in [0.5, 0.6) is 0 Å². The van der Waals surface area contributed by atoms with E-state index < -0.39 is 119 Å². The normalized spacial score (nSPS) is 15.3. The number of hydrogen-bond acceptors (Lipinski definition) is 4.